The highest BCUT2D eigenvalue weighted by Gasteiger charge is 2.38. The zero-order chi connectivity index (χ0) is 28.0. The van der Waals surface area contributed by atoms with Crippen LogP contribution >= 0.6 is 23.7 Å². The van der Waals surface area contributed by atoms with E-state index in [1.165, 1.54) is 10.8 Å². The fraction of sp³-hybridized carbons (Fsp3) is 0.542. The van der Waals surface area contributed by atoms with Crippen LogP contribution in [0, 0.1) is 12.8 Å². The zero-order valence-corrected chi connectivity index (χ0v) is 24.3. The Bertz CT molecular complexity index is 1260. The standard InChI is InChI=1S/C24H33BrN3O9P/c1-14(2)10-19(23(30)35-15(3)4)27-38(32,37-18-8-6-17(25)7-9-18)34-13-21-33-12-20(36-21)28-11-16(5)22(29)26-24(28)31/h6-9,11,14-15,19-21H,10,12-13H2,1-5H3,(H,27,32)(H,26,29,31)/t19?,20-,21-,38?/m1/s1. The molecule has 4 atom stereocenters. The Morgan fingerprint density at radius 3 is 2.55 bits per heavy atom. The van der Waals surface area contributed by atoms with Crippen molar-refractivity contribution in [3.05, 3.63) is 61.3 Å². The van der Waals surface area contributed by atoms with E-state index in [1.54, 1.807) is 45.0 Å². The average molecular weight is 618 g/mol. The molecule has 1 aliphatic rings. The molecule has 0 radical (unpaired) electrons. The van der Waals surface area contributed by atoms with Crippen molar-refractivity contribution in [3.63, 3.8) is 0 Å². The second kappa shape index (κ2) is 13.2. The Kier molecular flexibility index (Phi) is 10.5. The van der Waals surface area contributed by atoms with Crippen molar-refractivity contribution in [1.29, 1.82) is 0 Å². The molecule has 0 amide bonds. The maximum Gasteiger partial charge on any atom is 0.459 e. The van der Waals surface area contributed by atoms with E-state index in [1.807, 2.05) is 13.8 Å². The molecule has 210 valence electrons. The minimum Gasteiger partial charge on any atom is -0.462 e. The van der Waals surface area contributed by atoms with Gasteiger partial charge < -0.3 is 18.7 Å². The topological polar surface area (TPSA) is 147 Å². The van der Waals surface area contributed by atoms with E-state index >= 15 is 0 Å². The van der Waals surface area contributed by atoms with Crippen LogP contribution in [-0.2, 0) is 28.1 Å². The third-order valence-corrected chi connectivity index (χ3v) is 7.36. The van der Waals surface area contributed by atoms with Crippen LogP contribution < -0.4 is 20.9 Å². The van der Waals surface area contributed by atoms with Crippen molar-refractivity contribution in [1.82, 2.24) is 14.6 Å². The summed E-state index contributed by atoms with van der Waals surface area (Å²) in [5.74, 6) is -0.279. The smallest absolute Gasteiger partial charge is 0.459 e. The second-order valence-electron chi connectivity index (χ2n) is 9.47. The van der Waals surface area contributed by atoms with Gasteiger partial charge in [-0.2, -0.15) is 5.09 Å². The highest BCUT2D eigenvalue weighted by molar-refractivity contribution is 9.10. The van der Waals surface area contributed by atoms with Gasteiger partial charge in [-0.15, -0.1) is 0 Å². The summed E-state index contributed by atoms with van der Waals surface area (Å²) in [4.78, 5) is 38.9. The van der Waals surface area contributed by atoms with Crippen molar-refractivity contribution in [2.45, 2.75) is 65.7 Å². The third kappa shape index (κ3) is 8.62. The van der Waals surface area contributed by atoms with Gasteiger partial charge in [0.05, 0.1) is 12.7 Å². The van der Waals surface area contributed by atoms with Crippen LogP contribution in [0.4, 0.5) is 0 Å². The molecule has 1 fully saturated rings. The average Bonchev–Trinajstić information content (AvgIpc) is 3.29. The fourth-order valence-corrected chi connectivity index (χ4v) is 5.29. The van der Waals surface area contributed by atoms with Gasteiger partial charge in [-0.05, 0) is 57.4 Å². The van der Waals surface area contributed by atoms with Gasteiger partial charge in [0, 0.05) is 16.2 Å². The maximum atomic E-state index is 13.9. The summed E-state index contributed by atoms with van der Waals surface area (Å²) in [6.45, 7) is 8.48. The molecule has 1 saturated heterocycles. The van der Waals surface area contributed by atoms with Crippen LogP contribution in [0.15, 0.2) is 44.5 Å². The van der Waals surface area contributed by atoms with E-state index in [2.05, 4.69) is 26.0 Å². The van der Waals surface area contributed by atoms with Gasteiger partial charge in [-0.3, -0.25) is 23.7 Å². The van der Waals surface area contributed by atoms with Crippen LogP contribution in [0.3, 0.4) is 0 Å². The minimum absolute atomic E-state index is 0.0125. The summed E-state index contributed by atoms with van der Waals surface area (Å²) in [5.41, 5.74) is -0.815. The van der Waals surface area contributed by atoms with Crippen molar-refractivity contribution in [2.24, 2.45) is 5.92 Å². The molecular weight excluding hydrogens is 585 g/mol. The van der Waals surface area contributed by atoms with Crippen molar-refractivity contribution < 1.29 is 32.6 Å². The number of nitrogens with one attached hydrogen (secondary N) is 2. The van der Waals surface area contributed by atoms with Gasteiger partial charge in [-0.25, -0.2) is 9.36 Å². The van der Waals surface area contributed by atoms with E-state index < -0.39 is 43.5 Å². The normalized spacial score (nSPS) is 19.9. The third-order valence-electron chi connectivity index (χ3n) is 5.27. The number of H-pyrrole nitrogens is 1. The highest BCUT2D eigenvalue weighted by atomic mass is 79.9. The van der Waals surface area contributed by atoms with Crippen molar-refractivity contribution >= 4 is 29.6 Å². The van der Waals surface area contributed by atoms with Crippen LogP contribution in [0.5, 0.6) is 5.75 Å². The molecular formula is C24H33BrN3O9P. The number of ether oxygens (including phenoxy) is 3. The Hall–Kier alpha value is -2.28. The summed E-state index contributed by atoms with van der Waals surface area (Å²) in [5, 5.41) is 2.74. The monoisotopic (exact) mass is 617 g/mol. The number of nitrogens with zero attached hydrogens (tertiary/aromatic N) is 1. The lowest BCUT2D eigenvalue weighted by Gasteiger charge is -2.26. The SMILES string of the molecule is Cc1cn([C@H]2CO[C@@H](COP(=O)(NC(CC(C)C)C(=O)OC(C)C)Oc3ccc(Br)cc3)O2)c(=O)[nH]c1=O. The molecule has 1 aromatic carbocycles. The molecule has 12 nitrogen and oxygen atoms in total. The number of hydrogen-bond acceptors (Lipinski definition) is 9. The lowest BCUT2D eigenvalue weighted by Crippen LogP contribution is -2.40. The van der Waals surface area contributed by atoms with Gasteiger partial charge in [0.1, 0.15) is 18.4 Å². The first-order valence-corrected chi connectivity index (χ1v) is 14.5. The number of aryl methyl sites for hydroxylation is 1. The molecule has 0 saturated carbocycles. The molecule has 2 unspecified atom stereocenters. The first kappa shape index (κ1) is 30.3. The molecule has 3 rings (SSSR count). The van der Waals surface area contributed by atoms with E-state index in [9.17, 15) is 18.9 Å². The van der Waals surface area contributed by atoms with Crippen LogP contribution in [0.25, 0.3) is 0 Å². The Labute approximate surface area is 228 Å². The molecule has 38 heavy (non-hydrogen) atoms. The number of aromatic nitrogens is 2. The lowest BCUT2D eigenvalue weighted by atomic mass is 10.0. The van der Waals surface area contributed by atoms with Crippen LogP contribution in [0.2, 0.25) is 0 Å². The number of benzene rings is 1. The number of halogens is 1. The molecule has 14 heteroatoms. The summed E-state index contributed by atoms with van der Waals surface area (Å²) in [7, 11) is -4.18. The molecule has 0 spiro atoms. The maximum absolute atomic E-state index is 13.9. The number of aromatic amines is 1. The van der Waals surface area contributed by atoms with Crippen LogP contribution in [0.1, 0.15) is 45.9 Å². The minimum atomic E-state index is -4.18. The Morgan fingerprint density at radius 2 is 1.92 bits per heavy atom. The summed E-state index contributed by atoms with van der Waals surface area (Å²) >= 11 is 3.34. The van der Waals surface area contributed by atoms with E-state index in [4.69, 9.17) is 23.3 Å². The number of hydrogen-bond donors (Lipinski definition) is 2. The number of carbonyl (C=O) groups excluding carboxylic acids is 1. The summed E-state index contributed by atoms with van der Waals surface area (Å²) in [6, 6.07) is 5.62. The first-order chi connectivity index (χ1) is 17.8. The lowest BCUT2D eigenvalue weighted by molar-refractivity contribution is -0.150. The molecule has 2 N–H and O–H groups in total. The van der Waals surface area contributed by atoms with Crippen molar-refractivity contribution in [3.8, 4) is 5.75 Å². The molecule has 0 bridgehead atoms. The quantitative estimate of drug-likeness (QED) is 0.267. The van der Waals surface area contributed by atoms with Gasteiger partial charge in [0.25, 0.3) is 5.56 Å². The van der Waals surface area contributed by atoms with E-state index in [0.29, 0.717) is 12.0 Å². The van der Waals surface area contributed by atoms with Gasteiger partial charge in [0.2, 0.25) is 0 Å². The number of carbonyl (C=O) groups is 1. The number of esters is 1. The Balaban J connectivity index is 1.77. The molecule has 2 heterocycles. The summed E-state index contributed by atoms with van der Waals surface area (Å²) in [6.07, 6.45) is -0.521. The largest absolute Gasteiger partial charge is 0.462 e. The van der Waals surface area contributed by atoms with Gasteiger partial charge in [0.15, 0.2) is 12.5 Å². The second-order valence-corrected chi connectivity index (χ2v) is 12.1. The Morgan fingerprint density at radius 1 is 1.24 bits per heavy atom. The highest BCUT2D eigenvalue weighted by Crippen LogP contribution is 2.46. The predicted octanol–water partition coefficient (Wildman–Crippen LogP) is 3.64. The fourth-order valence-electron chi connectivity index (χ4n) is 3.54. The van der Waals surface area contributed by atoms with E-state index in [0.717, 1.165) is 4.47 Å². The predicted molar refractivity (Wildman–Crippen MR) is 142 cm³/mol. The van der Waals surface area contributed by atoms with Crippen molar-refractivity contribution in [2.75, 3.05) is 13.2 Å². The number of rotatable bonds is 12. The first-order valence-electron chi connectivity index (χ1n) is 12.1. The zero-order valence-electron chi connectivity index (χ0n) is 21.8. The molecule has 0 aliphatic carbocycles. The molecule has 1 aliphatic heterocycles. The molecule has 1 aromatic heterocycles. The molecule has 2 aromatic rings. The van der Waals surface area contributed by atoms with E-state index in [-0.39, 0.29) is 31.0 Å². The van der Waals surface area contributed by atoms with Crippen LogP contribution in [-0.4, -0.2) is 47.2 Å². The summed E-state index contributed by atoms with van der Waals surface area (Å²) < 4.78 is 44.0. The van der Waals surface area contributed by atoms with Gasteiger partial charge in [-0.1, -0.05) is 29.8 Å². The van der Waals surface area contributed by atoms with Gasteiger partial charge >= 0.3 is 19.4 Å².